The predicted molar refractivity (Wildman–Crippen MR) is 56.1 cm³/mol. The molecule has 0 aliphatic heterocycles. The molecule has 0 saturated heterocycles. The van der Waals surface area contributed by atoms with Gasteiger partial charge in [0.1, 0.15) is 0 Å². The Balaban J connectivity index is 2.63. The van der Waals surface area contributed by atoms with Crippen LogP contribution in [0.3, 0.4) is 0 Å². The van der Waals surface area contributed by atoms with Crippen LogP contribution in [-0.4, -0.2) is 6.04 Å². The summed E-state index contributed by atoms with van der Waals surface area (Å²) in [7, 11) is 0. The van der Waals surface area contributed by atoms with E-state index in [-0.39, 0.29) is 0 Å². The number of benzene rings is 1. The van der Waals surface area contributed by atoms with Crippen LogP contribution in [-0.2, 0) is 6.42 Å². The molecular formula is C10H14BrN. The first-order valence-electron chi connectivity index (χ1n) is 4.22. The first kappa shape index (κ1) is 9.75. The minimum absolute atomic E-state index is 0.291. The van der Waals surface area contributed by atoms with E-state index in [0.717, 1.165) is 17.3 Å². The first-order valence-corrected chi connectivity index (χ1v) is 5.01. The maximum absolute atomic E-state index is 5.84. The zero-order chi connectivity index (χ0) is 8.97. The second-order valence-electron chi connectivity index (χ2n) is 3.00. The molecule has 1 unspecified atom stereocenters. The van der Waals surface area contributed by atoms with Gasteiger partial charge in [-0.3, -0.25) is 0 Å². The number of hydrogen-bond donors (Lipinski definition) is 1. The van der Waals surface area contributed by atoms with E-state index in [9.17, 15) is 0 Å². The van der Waals surface area contributed by atoms with Crippen molar-refractivity contribution < 1.29 is 0 Å². The van der Waals surface area contributed by atoms with Crippen molar-refractivity contribution in [3.05, 3.63) is 34.3 Å². The summed E-state index contributed by atoms with van der Waals surface area (Å²) < 4.78 is 1.13. The Morgan fingerprint density at radius 1 is 1.50 bits per heavy atom. The molecule has 1 rings (SSSR count). The lowest BCUT2D eigenvalue weighted by atomic mass is 10.1. The highest BCUT2D eigenvalue weighted by atomic mass is 79.9. The van der Waals surface area contributed by atoms with E-state index in [4.69, 9.17) is 5.73 Å². The average Bonchev–Trinajstić information content (AvgIpc) is 2.04. The zero-order valence-corrected chi connectivity index (χ0v) is 8.84. The van der Waals surface area contributed by atoms with Gasteiger partial charge in [0.15, 0.2) is 0 Å². The van der Waals surface area contributed by atoms with Crippen LogP contribution in [0.2, 0.25) is 0 Å². The number of rotatable bonds is 3. The van der Waals surface area contributed by atoms with Crippen molar-refractivity contribution in [2.45, 2.75) is 25.8 Å². The molecule has 0 saturated carbocycles. The molecule has 1 atom stereocenters. The fourth-order valence-corrected chi connectivity index (χ4v) is 1.56. The van der Waals surface area contributed by atoms with E-state index in [1.165, 1.54) is 5.56 Å². The standard InChI is InChI=1S/C10H14BrN/c1-2-10(12)7-8-4-3-5-9(11)6-8/h3-6,10H,2,7,12H2,1H3. The normalized spacial score (nSPS) is 12.9. The fraction of sp³-hybridized carbons (Fsp3) is 0.400. The molecule has 1 nitrogen and oxygen atoms in total. The second-order valence-corrected chi connectivity index (χ2v) is 3.92. The Hall–Kier alpha value is -0.340. The molecular weight excluding hydrogens is 214 g/mol. The summed E-state index contributed by atoms with van der Waals surface area (Å²) in [6, 6.07) is 8.60. The predicted octanol–water partition coefficient (Wildman–Crippen LogP) is 2.73. The van der Waals surface area contributed by atoms with Crippen LogP contribution in [0.5, 0.6) is 0 Å². The molecule has 2 N–H and O–H groups in total. The van der Waals surface area contributed by atoms with Crippen molar-refractivity contribution in [2.75, 3.05) is 0 Å². The largest absolute Gasteiger partial charge is 0.327 e. The van der Waals surface area contributed by atoms with Crippen molar-refractivity contribution in [3.8, 4) is 0 Å². The van der Waals surface area contributed by atoms with Crippen LogP contribution in [0.25, 0.3) is 0 Å². The molecule has 0 aliphatic rings. The Morgan fingerprint density at radius 3 is 2.83 bits per heavy atom. The lowest BCUT2D eigenvalue weighted by molar-refractivity contribution is 0.646. The van der Waals surface area contributed by atoms with Crippen molar-refractivity contribution >= 4 is 15.9 Å². The maximum Gasteiger partial charge on any atom is 0.0178 e. The first-order chi connectivity index (χ1) is 5.72. The molecule has 0 heterocycles. The van der Waals surface area contributed by atoms with Crippen LogP contribution in [0, 0.1) is 0 Å². The maximum atomic E-state index is 5.84. The quantitative estimate of drug-likeness (QED) is 0.845. The van der Waals surface area contributed by atoms with Gasteiger partial charge in [-0.1, -0.05) is 35.0 Å². The summed E-state index contributed by atoms with van der Waals surface area (Å²) in [4.78, 5) is 0. The van der Waals surface area contributed by atoms with E-state index in [2.05, 4.69) is 35.0 Å². The minimum Gasteiger partial charge on any atom is -0.327 e. The molecule has 0 aliphatic carbocycles. The van der Waals surface area contributed by atoms with E-state index in [0.29, 0.717) is 6.04 Å². The Kier molecular flexibility index (Phi) is 3.76. The molecule has 12 heavy (non-hydrogen) atoms. The second kappa shape index (κ2) is 4.63. The van der Waals surface area contributed by atoms with Gasteiger partial charge in [0.2, 0.25) is 0 Å². The van der Waals surface area contributed by atoms with Crippen molar-refractivity contribution in [1.29, 1.82) is 0 Å². The Bertz CT molecular complexity index is 247. The lowest BCUT2D eigenvalue weighted by Gasteiger charge is -2.08. The topological polar surface area (TPSA) is 26.0 Å². The molecule has 1 aromatic carbocycles. The van der Waals surface area contributed by atoms with Crippen molar-refractivity contribution in [1.82, 2.24) is 0 Å². The molecule has 0 radical (unpaired) electrons. The van der Waals surface area contributed by atoms with Gasteiger partial charge in [0.05, 0.1) is 0 Å². The van der Waals surface area contributed by atoms with Crippen LogP contribution in [0.1, 0.15) is 18.9 Å². The van der Waals surface area contributed by atoms with E-state index in [1.54, 1.807) is 0 Å². The van der Waals surface area contributed by atoms with Crippen LogP contribution < -0.4 is 5.73 Å². The molecule has 1 aromatic rings. The third-order valence-electron chi connectivity index (χ3n) is 1.91. The molecule has 0 amide bonds. The van der Waals surface area contributed by atoms with Gasteiger partial charge in [-0.05, 0) is 30.5 Å². The van der Waals surface area contributed by atoms with Crippen molar-refractivity contribution in [3.63, 3.8) is 0 Å². The van der Waals surface area contributed by atoms with Gasteiger partial charge >= 0.3 is 0 Å². The zero-order valence-electron chi connectivity index (χ0n) is 7.26. The molecule has 0 aromatic heterocycles. The lowest BCUT2D eigenvalue weighted by Crippen LogP contribution is -2.21. The number of hydrogen-bond acceptors (Lipinski definition) is 1. The van der Waals surface area contributed by atoms with Crippen LogP contribution >= 0.6 is 15.9 Å². The summed E-state index contributed by atoms with van der Waals surface area (Å²) in [5.41, 5.74) is 7.14. The third-order valence-corrected chi connectivity index (χ3v) is 2.40. The van der Waals surface area contributed by atoms with E-state index >= 15 is 0 Å². The molecule has 2 heteroatoms. The highest BCUT2D eigenvalue weighted by molar-refractivity contribution is 9.10. The molecule has 0 spiro atoms. The Morgan fingerprint density at radius 2 is 2.25 bits per heavy atom. The van der Waals surface area contributed by atoms with Crippen LogP contribution in [0.15, 0.2) is 28.7 Å². The van der Waals surface area contributed by atoms with Gasteiger partial charge in [-0.15, -0.1) is 0 Å². The number of nitrogens with two attached hydrogens (primary N) is 1. The third kappa shape index (κ3) is 2.95. The summed E-state index contributed by atoms with van der Waals surface area (Å²) in [6.07, 6.45) is 2.00. The Labute approximate surface area is 82.1 Å². The van der Waals surface area contributed by atoms with Gasteiger partial charge in [0.25, 0.3) is 0 Å². The molecule has 0 bridgehead atoms. The number of halogens is 1. The molecule has 0 fully saturated rings. The van der Waals surface area contributed by atoms with Gasteiger partial charge < -0.3 is 5.73 Å². The highest BCUT2D eigenvalue weighted by Gasteiger charge is 2.00. The summed E-state index contributed by atoms with van der Waals surface area (Å²) in [5, 5.41) is 0. The molecule has 66 valence electrons. The van der Waals surface area contributed by atoms with Gasteiger partial charge in [-0.2, -0.15) is 0 Å². The van der Waals surface area contributed by atoms with E-state index in [1.807, 2.05) is 12.1 Å². The van der Waals surface area contributed by atoms with Gasteiger partial charge in [0, 0.05) is 10.5 Å². The van der Waals surface area contributed by atoms with Gasteiger partial charge in [-0.25, -0.2) is 0 Å². The highest BCUT2D eigenvalue weighted by Crippen LogP contribution is 2.13. The summed E-state index contributed by atoms with van der Waals surface area (Å²) in [5.74, 6) is 0. The van der Waals surface area contributed by atoms with E-state index < -0.39 is 0 Å². The SMILES string of the molecule is CCC(N)Cc1cccc(Br)c1. The average molecular weight is 228 g/mol. The smallest absolute Gasteiger partial charge is 0.0178 e. The minimum atomic E-state index is 0.291. The monoisotopic (exact) mass is 227 g/mol. The van der Waals surface area contributed by atoms with Crippen LogP contribution in [0.4, 0.5) is 0 Å². The summed E-state index contributed by atoms with van der Waals surface area (Å²) in [6.45, 7) is 2.11. The summed E-state index contributed by atoms with van der Waals surface area (Å²) >= 11 is 3.43. The van der Waals surface area contributed by atoms with Crippen molar-refractivity contribution in [2.24, 2.45) is 5.73 Å². The fourth-order valence-electron chi connectivity index (χ4n) is 1.11.